The summed E-state index contributed by atoms with van der Waals surface area (Å²) in [5, 5.41) is 1.27. The van der Waals surface area contributed by atoms with Crippen LogP contribution in [0.3, 0.4) is 0 Å². The molecule has 2 nitrogen and oxygen atoms in total. The van der Waals surface area contributed by atoms with Crippen molar-refractivity contribution in [3.63, 3.8) is 0 Å². The van der Waals surface area contributed by atoms with Crippen molar-refractivity contribution in [3.05, 3.63) is 29.8 Å². The second-order valence-corrected chi connectivity index (χ2v) is 6.44. The first-order valence-electron chi connectivity index (χ1n) is 6.04. The van der Waals surface area contributed by atoms with Gasteiger partial charge in [0.05, 0.1) is 0 Å². The van der Waals surface area contributed by atoms with Crippen molar-refractivity contribution >= 4 is 17.5 Å². The fraction of sp³-hybridized carbons (Fsp3) is 0.538. The highest BCUT2D eigenvalue weighted by molar-refractivity contribution is 8.00. The molecule has 0 aromatic carbocycles. The molecule has 2 saturated heterocycles. The lowest BCUT2D eigenvalue weighted by Gasteiger charge is -2.25. The molecule has 3 heterocycles. The summed E-state index contributed by atoms with van der Waals surface area (Å²) in [5.41, 5.74) is 0.293. The van der Waals surface area contributed by atoms with Gasteiger partial charge in [0, 0.05) is 16.4 Å². The topological polar surface area (TPSA) is 30.0 Å². The molecule has 2 aliphatic heterocycles. The van der Waals surface area contributed by atoms with Crippen LogP contribution in [0.4, 0.5) is 4.39 Å². The average Bonchev–Trinajstić information content (AvgIpc) is 2.67. The van der Waals surface area contributed by atoms with Crippen molar-refractivity contribution in [3.8, 4) is 0 Å². The summed E-state index contributed by atoms with van der Waals surface area (Å²) in [5.74, 6) is -0.478. The fourth-order valence-corrected chi connectivity index (χ4v) is 4.60. The van der Waals surface area contributed by atoms with Gasteiger partial charge in [-0.3, -0.25) is 4.79 Å². The molecule has 90 valence electrons. The second-order valence-electron chi connectivity index (χ2n) is 4.84. The maximum absolute atomic E-state index is 13.0. The van der Waals surface area contributed by atoms with E-state index in [0.29, 0.717) is 16.2 Å². The van der Waals surface area contributed by atoms with E-state index in [1.54, 1.807) is 12.1 Å². The van der Waals surface area contributed by atoms with E-state index in [-0.39, 0.29) is 11.7 Å². The predicted molar refractivity (Wildman–Crippen MR) is 65.7 cm³/mol. The van der Waals surface area contributed by atoms with Crippen LogP contribution in [0.1, 0.15) is 36.2 Å². The van der Waals surface area contributed by atoms with E-state index in [1.807, 2.05) is 11.8 Å². The van der Waals surface area contributed by atoms with Gasteiger partial charge in [0.1, 0.15) is 5.69 Å². The van der Waals surface area contributed by atoms with E-state index in [2.05, 4.69) is 4.98 Å². The lowest BCUT2D eigenvalue weighted by atomic mass is 9.92. The highest BCUT2D eigenvalue weighted by Crippen LogP contribution is 2.46. The average molecular weight is 251 g/mol. The van der Waals surface area contributed by atoms with Gasteiger partial charge in [0.25, 0.3) is 0 Å². The molecular formula is C13H14FNOS. The van der Waals surface area contributed by atoms with Crippen LogP contribution in [0, 0.1) is 11.9 Å². The van der Waals surface area contributed by atoms with Crippen LogP contribution in [-0.4, -0.2) is 21.3 Å². The number of fused-ring (bicyclic) bond motifs is 2. The normalized spacial score (nSPS) is 31.5. The summed E-state index contributed by atoms with van der Waals surface area (Å²) < 4.78 is 13.0. The number of nitrogens with zero attached hydrogens (tertiary/aromatic N) is 1. The number of ketones is 1. The lowest BCUT2D eigenvalue weighted by Crippen LogP contribution is -2.25. The van der Waals surface area contributed by atoms with Crippen molar-refractivity contribution in [2.75, 3.05) is 0 Å². The molecule has 2 atom stereocenters. The van der Waals surface area contributed by atoms with Gasteiger partial charge in [-0.15, -0.1) is 0 Å². The number of carbonyl (C=O) groups excluding carboxylic acids is 1. The molecule has 0 amide bonds. The standard InChI is InChI=1S/C13H14FNOS/c14-12-3-1-2-11(15-12)13(16)8-6-9-4-5-10(7-8)17-9/h1-3,8-10H,4-7H2. The Labute approximate surface area is 104 Å². The summed E-state index contributed by atoms with van der Waals surface area (Å²) in [6.45, 7) is 0. The molecule has 0 aliphatic carbocycles. The van der Waals surface area contributed by atoms with Gasteiger partial charge in [-0.2, -0.15) is 16.2 Å². The Bertz CT molecular complexity index is 439. The number of carbonyl (C=O) groups is 1. The zero-order valence-electron chi connectivity index (χ0n) is 9.43. The third kappa shape index (κ3) is 2.23. The number of hydrogen-bond donors (Lipinski definition) is 0. The molecule has 2 aliphatic rings. The van der Waals surface area contributed by atoms with E-state index >= 15 is 0 Å². The zero-order valence-corrected chi connectivity index (χ0v) is 10.3. The molecule has 4 heteroatoms. The third-order valence-electron chi connectivity index (χ3n) is 3.63. The van der Waals surface area contributed by atoms with Gasteiger partial charge in [0.15, 0.2) is 5.78 Å². The largest absolute Gasteiger partial charge is 0.292 e. The van der Waals surface area contributed by atoms with Crippen LogP contribution in [0.25, 0.3) is 0 Å². The Morgan fingerprint density at radius 3 is 2.65 bits per heavy atom. The molecule has 1 aromatic rings. The molecule has 3 rings (SSSR count). The van der Waals surface area contributed by atoms with Crippen LogP contribution < -0.4 is 0 Å². The SMILES string of the molecule is O=C(c1cccc(F)n1)C1CC2CCC(C1)S2. The van der Waals surface area contributed by atoms with Gasteiger partial charge >= 0.3 is 0 Å². The van der Waals surface area contributed by atoms with Gasteiger partial charge in [-0.05, 0) is 37.8 Å². The summed E-state index contributed by atoms with van der Waals surface area (Å²) in [4.78, 5) is 15.9. The molecule has 2 bridgehead atoms. The summed E-state index contributed by atoms with van der Waals surface area (Å²) in [7, 11) is 0. The quantitative estimate of drug-likeness (QED) is 0.597. The van der Waals surface area contributed by atoms with Crippen LogP contribution in [0.2, 0.25) is 0 Å². The number of rotatable bonds is 2. The molecule has 17 heavy (non-hydrogen) atoms. The highest BCUT2D eigenvalue weighted by atomic mass is 32.2. The van der Waals surface area contributed by atoms with Gasteiger partial charge in [-0.1, -0.05) is 6.07 Å². The summed E-state index contributed by atoms with van der Waals surface area (Å²) in [6, 6.07) is 4.45. The van der Waals surface area contributed by atoms with E-state index in [4.69, 9.17) is 0 Å². The van der Waals surface area contributed by atoms with Crippen LogP contribution in [0.5, 0.6) is 0 Å². The number of thioether (sulfide) groups is 1. The molecule has 2 fully saturated rings. The van der Waals surface area contributed by atoms with Crippen molar-refractivity contribution in [2.45, 2.75) is 36.2 Å². The number of pyridine rings is 1. The molecule has 0 N–H and O–H groups in total. The molecule has 1 aromatic heterocycles. The summed E-state index contributed by atoms with van der Waals surface area (Å²) >= 11 is 2.03. The maximum Gasteiger partial charge on any atom is 0.213 e. The Morgan fingerprint density at radius 1 is 1.29 bits per heavy atom. The second kappa shape index (κ2) is 4.41. The molecule has 0 spiro atoms. The van der Waals surface area contributed by atoms with E-state index in [0.717, 1.165) is 12.8 Å². The molecule has 2 unspecified atom stereocenters. The van der Waals surface area contributed by atoms with Crippen molar-refractivity contribution in [1.29, 1.82) is 0 Å². The van der Waals surface area contributed by atoms with Crippen molar-refractivity contribution < 1.29 is 9.18 Å². The Hall–Kier alpha value is -0.900. The summed E-state index contributed by atoms with van der Waals surface area (Å²) in [6.07, 6.45) is 4.35. The van der Waals surface area contributed by atoms with Crippen LogP contribution in [-0.2, 0) is 0 Å². The van der Waals surface area contributed by atoms with Gasteiger partial charge < -0.3 is 0 Å². The first-order chi connectivity index (χ1) is 8.22. The smallest absolute Gasteiger partial charge is 0.213 e. The first kappa shape index (κ1) is 11.2. The van der Waals surface area contributed by atoms with Crippen molar-refractivity contribution in [2.24, 2.45) is 5.92 Å². The minimum absolute atomic E-state index is 0.0294. The Kier molecular flexibility index (Phi) is 2.90. The third-order valence-corrected chi connectivity index (χ3v) is 5.25. The van der Waals surface area contributed by atoms with Gasteiger partial charge in [0.2, 0.25) is 5.95 Å². The predicted octanol–water partition coefficient (Wildman–Crippen LogP) is 3.08. The number of hydrogen-bond acceptors (Lipinski definition) is 3. The Balaban J connectivity index is 1.78. The number of halogens is 1. The monoisotopic (exact) mass is 251 g/mol. The lowest BCUT2D eigenvalue weighted by molar-refractivity contribution is 0.0900. The minimum Gasteiger partial charge on any atom is -0.292 e. The van der Waals surface area contributed by atoms with Gasteiger partial charge in [-0.25, -0.2) is 4.98 Å². The fourth-order valence-electron chi connectivity index (χ4n) is 2.83. The highest BCUT2D eigenvalue weighted by Gasteiger charge is 2.38. The molecule has 0 radical (unpaired) electrons. The maximum atomic E-state index is 13.0. The van der Waals surface area contributed by atoms with E-state index in [1.165, 1.54) is 18.9 Å². The first-order valence-corrected chi connectivity index (χ1v) is 6.99. The molecular weight excluding hydrogens is 237 g/mol. The minimum atomic E-state index is -0.566. The van der Waals surface area contributed by atoms with Crippen LogP contribution >= 0.6 is 11.8 Å². The van der Waals surface area contributed by atoms with Crippen molar-refractivity contribution in [1.82, 2.24) is 4.98 Å². The zero-order chi connectivity index (χ0) is 11.8. The molecule has 0 saturated carbocycles. The van der Waals surface area contributed by atoms with E-state index in [9.17, 15) is 9.18 Å². The number of Topliss-reactive ketones (excluding diaryl/α,β-unsaturated/α-hetero) is 1. The van der Waals surface area contributed by atoms with E-state index < -0.39 is 5.95 Å². The van der Waals surface area contributed by atoms with Crippen LogP contribution in [0.15, 0.2) is 18.2 Å². The number of aromatic nitrogens is 1. The Morgan fingerprint density at radius 2 is 2.00 bits per heavy atom.